The Morgan fingerprint density at radius 2 is 1.95 bits per heavy atom. The zero-order chi connectivity index (χ0) is 16.2. The van der Waals surface area contributed by atoms with E-state index in [1.807, 2.05) is 0 Å². The van der Waals surface area contributed by atoms with Crippen molar-refractivity contribution >= 4 is 16.1 Å². The van der Waals surface area contributed by atoms with E-state index in [2.05, 4.69) is 0 Å². The first-order chi connectivity index (χ1) is 10.4. The van der Waals surface area contributed by atoms with Gasteiger partial charge in [0.2, 0.25) is 0 Å². The van der Waals surface area contributed by atoms with E-state index in [0.717, 1.165) is 6.42 Å². The van der Waals surface area contributed by atoms with Crippen molar-refractivity contribution in [3.8, 4) is 0 Å². The van der Waals surface area contributed by atoms with Crippen LogP contribution in [0.15, 0.2) is 23.1 Å². The van der Waals surface area contributed by atoms with Crippen molar-refractivity contribution in [2.24, 2.45) is 5.92 Å². The number of hydrogen-bond donors (Lipinski definition) is 1. The third-order valence-electron chi connectivity index (χ3n) is 4.17. The van der Waals surface area contributed by atoms with Crippen molar-refractivity contribution < 1.29 is 22.5 Å². The fraction of sp³-hybridized carbons (Fsp3) is 0.562. The van der Waals surface area contributed by atoms with Gasteiger partial charge in [0.15, 0.2) is 0 Å². The van der Waals surface area contributed by atoms with Gasteiger partial charge in [-0.25, -0.2) is 4.79 Å². The van der Waals surface area contributed by atoms with Gasteiger partial charge in [-0.15, -0.1) is 0 Å². The van der Waals surface area contributed by atoms with Crippen molar-refractivity contribution in [2.45, 2.75) is 50.3 Å². The van der Waals surface area contributed by atoms with Crippen LogP contribution in [0.1, 0.15) is 54.4 Å². The molecular formula is C16H22O5S. The Labute approximate surface area is 131 Å². The SMILES string of the molecule is Cc1cc(C(=O)OCCC2CCCCC2)ccc1S(=O)(=O)O. The fourth-order valence-electron chi connectivity index (χ4n) is 2.94. The number of benzene rings is 1. The Kier molecular flexibility index (Phi) is 5.58. The van der Waals surface area contributed by atoms with Gasteiger partial charge >= 0.3 is 5.97 Å². The third-order valence-corrected chi connectivity index (χ3v) is 5.19. The minimum Gasteiger partial charge on any atom is -0.462 e. The molecule has 1 aliphatic rings. The maximum Gasteiger partial charge on any atom is 0.338 e. The maximum atomic E-state index is 12.0. The summed E-state index contributed by atoms with van der Waals surface area (Å²) < 4.78 is 36.5. The summed E-state index contributed by atoms with van der Waals surface area (Å²) in [4.78, 5) is 11.8. The molecule has 22 heavy (non-hydrogen) atoms. The molecule has 122 valence electrons. The molecule has 0 spiro atoms. The summed E-state index contributed by atoms with van der Waals surface area (Å²) in [5, 5.41) is 0. The molecule has 0 bridgehead atoms. The molecule has 1 aliphatic carbocycles. The van der Waals surface area contributed by atoms with E-state index in [1.165, 1.54) is 57.2 Å². The molecule has 1 aromatic rings. The molecule has 0 unspecified atom stereocenters. The van der Waals surface area contributed by atoms with Crippen LogP contribution in [-0.2, 0) is 14.9 Å². The van der Waals surface area contributed by atoms with E-state index >= 15 is 0 Å². The normalized spacial score (nSPS) is 16.5. The van der Waals surface area contributed by atoms with Crippen LogP contribution >= 0.6 is 0 Å². The number of ether oxygens (including phenoxy) is 1. The molecule has 1 aromatic carbocycles. The van der Waals surface area contributed by atoms with Crippen LogP contribution in [0.2, 0.25) is 0 Å². The first kappa shape index (κ1) is 17.0. The molecule has 0 saturated heterocycles. The van der Waals surface area contributed by atoms with Crippen molar-refractivity contribution in [1.82, 2.24) is 0 Å². The molecular weight excluding hydrogens is 304 g/mol. The molecule has 0 aliphatic heterocycles. The van der Waals surface area contributed by atoms with Crippen molar-refractivity contribution in [3.63, 3.8) is 0 Å². The van der Waals surface area contributed by atoms with Crippen molar-refractivity contribution in [1.29, 1.82) is 0 Å². The van der Waals surface area contributed by atoms with Gasteiger partial charge in [0.25, 0.3) is 10.1 Å². The lowest BCUT2D eigenvalue weighted by atomic mass is 9.87. The van der Waals surface area contributed by atoms with E-state index in [9.17, 15) is 13.2 Å². The van der Waals surface area contributed by atoms with Gasteiger partial charge in [0.1, 0.15) is 0 Å². The molecule has 6 heteroatoms. The van der Waals surface area contributed by atoms with Crippen LogP contribution in [-0.4, -0.2) is 25.5 Å². The highest BCUT2D eigenvalue weighted by molar-refractivity contribution is 7.85. The second kappa shape index (κ2) is 7.24. The molecule has 0 radical (unpaired) electrons. The van der Waals surface area contributed by atoms with Gasteiger partial charge in [-0.1, -0.05) is 32.1 Å². The number of aryl methyl sites for hydroxylation is 1. The molecule has 1 N–H and O–H groups in total. The van der Waals surface area contributed by atoms with E-state index in [-0.39, 0.29) is 4.90 Å². The Balaban J connectivity index is 1.91. The number of hydrogen-bond acceptors (Lipinski definition) is 4. The summed E-state index contributed by atoms with van der Waals surface area (Å²) >= 11 is 0. The summed E-state index contributed by atoms with van der Waals surface area (Å²) in [7, 11) is -4.26. The maximum absolute atomic E-state index is 12.0. The molecule has 0 amide bonds. The molecule has 2 rings (SSSR count). The van der Waals surface area contributed by atoms with Crippen LogP contribution in [0.3, 0.4) is 0 Å². The standard InChI is InChI=1S/C16H22O5S/c1-12-11-14(7-8-15(12)22(18,19)20)16(17)21-10-9-13-5-3-2-4-6-13/h7-8,11,13H,2-6,9-10H2,1H3,(H,18,19,20). The van der Waals surface area contributed by atoms with Crippen LogP contribution in [0.25, 0.3) is 0 Å². The summed E-state index contributed by atoms with van der Waals surface area (Å²) in [6, 6.07) is 4.01. The number of carbonyl (C=O) groups is 1. The quantitative estimate of drug-likeness (QED) is 0.663. The molecule has 0 heterocycles. The van der Waals surface area contributed by atoms with E-state index in [0.29, 0.717) is 23.7 Å². The monoisotopic (exact) mass is 326 g/mol. The summed E-state index contributed by atoms with van der Waals surface area (Å²) in [5.41, 5.74) is 0.623. The zero-order valence-corrected chi connectivity index (χ0v) is 13.6. The van der Waals surface area contributed by atoms with Gasteiger partial charge < -0.3 is 4.74 Å². The van der Waals surface area contributed by atoms with Crippen LogP contribution in [0.5, 0.6) is 0 Å². The molecule has 1 saturated carbocycles. The van der Waals surface area contributed by atoms with E-state index in [4.69, 9.17) is 9.29 Å². The first-order valence-electron chi connectivity index (χ1n) is 7.63. The topological polar surface area (TPSA) is 80.7 Å². The summed E-state index contributed by atoms with van der Waals surface area (Å²) in [6.07, 6.45) is 7.12. The minimum atomic E-state index is -4.26. The second-order valence-corrected chi connectivity index (χ2v) is 7.27. The van der Waals surface area contributed by atoms with Crippen LogP contribution in [0.4, 0.5) is 0 Å². The largest absolute Gasteiger partial charge is 0.462 e. The van der Waals surface area contributed by atoms with Crippen molar-refractivity contribution in [2.75, 3.05) is 6.61 Å². The fourth-order valence-corrected chi connectivity index (χ4v) is 3.65. The lowest BCUT2D eigenvalue weighted by Crippen LogP contribution is -2.13. The number of esters is 1. The Morgan fingerprint density at radius 1 is 1.27 bits per heavy atom. The Hall–Kier alpha value is -1.40. The lowest BCUT2D eigenvalue weighted by molar-refractivity contribution is 0.0474. The van der Waals surface area contributed by atoms with Gasteiger partial charge in [0.05, 0.1) is 17.1 Å². The van der Waals surface area contributed by atoms with Crippen molar-refractivity contribution in [3.05, 3.63) is 29.3 Å². The average molecular weight is 326 g/mol. The van der Waals surface area contributed by atoms with Crippen LogP contribution in [0, 0.1) is 12.8 Å². The van der Waals surface area contributed by atoms with Gasteiger partial charge in [-0.3, -0.25) is 4.55 Å². The lowest BCUT2D eigenvalue weighted by Gasteiger charge is -2.21. The summed E-state index contributed by atoms with van der Waals surface area (Å²) in [5.74, 6) is 0.186. The summed E-state index contributed by atoms with van der Waals surface area (Å²) in [6.45, 7) is 1.92. The number of carbonyl (C=O) groups excluding carboxylic acids is 1. The predicted molar refractivity (Wildman–Crippen MR) is 82.5 cm³/mol. The number of rotatable bonds is 5. The highest BCUT2D eigenvalue weighted by atomic mass is 32.2. The first-order valence-corrected chi connectivity index (χ1v) is 9.07. The van der Waals surface area contributed by atoms with E-state index < -0.39 is 16.1 Å². The second-order valence-electron chi connectivity index (χ2n) is 5.88. The van der Waals surface area contributed by atoms with E-state index in [1.54, 1.807) is 0 Å². The average Bonchev–Trinajstić information content (AvgIpc) is 2.46. The van der Waals surface area contributed by atoms with Crippen LogP contribution < -0.4 is 0 Å². The molecule has 0 aromatic heterocycles. The molecule has 0 atom stereocenters. The highest BCUT2D eigenvalue weighted by Gasteiger charge is 2.17. The Morgan fingerprint density at radius 3 is 2.55 bits per heavy atom. The Bertz CT molecular complexity index is 630. The van der Waals surface area contributed by atoms with Gasteiger partial charge in [-0.2, -0.15) is 8.42 Å². The smallest absolute Gasteiger partial charge is 0.338 e. The van der Waals surface area contributed by atoms with Gasteiger partial charge in [-0.05, 0) is 43.0 Å². The minimum absolute atomic E-state index is 0.189. The third kappa shape index (κ3) is 4.55. The molecule has 5 nitrogen and oxygen atoms in total. The predicted octanol–water partition coefficient (Wildman–Crippen LogP) is 3.37. The highest BCUT2D eigenvalue weighted by Crippen LogP contribution is 2.26. The van der Waals surface area contributed by atoms with Gasteiger partial charge in [0, 0.05) is 0 Å². The molecule has 1 fully saturated rings. The zero-order valence-electron chi connectivity index (χ0n) is 12.7.